The Hall–Kier alpha value is -2.08. The highest BCUT2D eigenvalue weighted by molar-refractivity contribution is 9.10. The van der Waals surface area contributed by atoms with Crippen molar-refractivity contribution >= 4 is 27.6 Å². The van der Waals surface area contributed by atoms with E-state index in [4.69, 9.17) is 10.8 Å². The van der Waals surface area contributed by atoms with E-state index in [9.17, 15) is 9.59 Å². The molecule has 0 atom stereocenters. The Labute approximate surface area is 117 Å². The van der Waals surface area contributed by atoms with Crippen LogP contribution in [-0.2, 0) is 6.54 Å². The van der Waals surface area contributed by atoms with Crippen LogP contribution in [0.5, 0.6) is 0 Å². The molecule has 0 fully saturated rings. The minimum absolute atomic E-state index is 0.163. The molecule has 0 saturated carbocycles. The van der Waals surface area contributed by atoms with Gasteiger partial charge in [0.1, 0.15) is 0 Å². The van der Waals surface area contributed by atoms with Crippen LogP contribution in [0, 0.1) is 0 Å². The molecule has 1 aromatic heterocycles. The molecule has 6 heteroatoms. The standard InChI is InChI=1S/C13H11BrN2O3/c14-10-6-16(7-11(15)12(10)17)5-8-1-3-9(4-2-8)13(18)19/h1-4,6-7H,5,15H2,(H,18,19). The van der Waals surface area contributed by atoms with Crippen LogP contribution in [0.2, 0.25) is 0 Å². The molecule has 5 nitrogen and oxygen atoms in total. The highest BCUT2D eigenvalue weighted by Crippen LogP contribution is 2.10. The molecule has 98 valence electrons. The summed E-state index contributed by atoms with van der Waals surface area (Å²) in [6.07, 6.45) is 3.20. The van der Waals surface area contributed by atoms with Crippen LogP contribution in [0.4, 0.5) is 5.69 Å². The number of carbonyl (C=O) groups is 1. The highest BCUT2D eigenvalue weighted by Gasteiger charge is 2.04. The van der Waals surface area contributed by atoms with Crippen LogP contribution in [0.15, 0.2) is 45.9 Å². The van der Waals surface area contributed by atoms with Gasteiger partial charge in [0.05, 0.1) is 15.7 Å². The molecule has 0 amide bonds. The second kappa shape index (κ2) is 5.27. The van der Waals surface area contributed by atoms with E-state index in [1.165, 1.54) is 0 Å². The third-order valence-electron chi connectivity index (χ3n) is 2.63. The molecular weight excluding hydrogens is 312 g/mol. The number of hydrogen-bond acceptors (Lipinski definition) is 3. The molecule has 2 aromatic rings. The lowest BCUT2D eigenvalue weighted by molar-refractivity contribution is 0.0697. The fourth-order valence-corrected chi connectivity index (χ4v) is 2.16. The van der Waals surface area contributed by atoms with Crippen molar-refractivity contribution in [1.82, 2.24) is 4.57 Å². The Morgan fingerprint density at radius 2 is 1.89 bits per heavy atom. The Balaban J connectivity index is 2.26. The first-order valence-corrected chi connectivity index (χ1v) is 6.24. The molecule has 0 saturated heterocycles. The molecule has 0 aliphatic carbocycles. The number of halogens is 1. The number of rotatable bonds is 3. The Kier molecular flexibility index (Phi) is 3.71. The summed E-state index contributed by atoms with van der Waals surface area (Å²) in [5, 5.41) is 8.81. The number of benzene rings is 1. The summed E-state index contributed by atoms with van der Waals surface area (Å²) < 4.78 is 2.16. The van der Waals surface area contributed by atoms with Gasteiger partial charge in [-0.3, -0.25) is 4.79 Å². The van der Waals surface area contributed by atoms with Gasteiger partial charge in [-0.05, 0) is 33.6 Å². The number of pyridine rings is 1. The van der Waals surface area contributed by atoms with E-state index in [-0.39, 0.29) is 16.7 Å². The highest BCUT2D eigenvalue weighted by atomic mass is 79.9. The van der Waals surface area contributed by atoms with Gasteiger partial charge in [-0.2, -0.15) is 0 Å². The number of nitrogens with zero attached hydrogens (tertiary/aromatic N) is 1. The van der Waals surface area contributed by atoms with Gasteiger partial charge < -0.3 is 15.4 Å². The zero-order chi connectivity index (χ0) is 14.0. The summed E-state index contributed by atoms with van der Waals surface area (Å²) in [5.74, 6) is -0.957. The van der Waals surface area contributed by atoms with Crippen LogP contribution < -0.4 is 11.2 Å². The van der Waals surface area contributed by atoms with Crippen molar-refractivity contribution < 1.29 is 9.90 Å². The molecule has 1 heterocycles. The lowest BCUT2D eigenvalue weighted by Crippen LogP contribution is -2.13. The zero-order valence-electron chi connectivity index (χ0n) is 9.84. The lowest BCUT2D eigenvalue weighted by Gasteiger charge is -2.08. The number of hydrogen-bond donors (Lipinski definition) is 2. The van der Waals surface area contributed by atoms with Crippen molar-refractivity contribution in [1.29, 1.82) is 0 Å². The summed E-state index contributed by atoms with van der Waals surface area (Å²) in [5.41, 5.74) is 6.68. The Morgan fingerprint density at radius 3 is 2.42 bits per heavy atom. The molecule has 0 bridgehead atoms. The summed E-state index contributed by atoms with van der Waals surface area (Å²) >= 11 is 3.15. The van der Waals surface area contributed by atoms with Gasteiger partial charge >= 0.3 is 5.97 Å². The minimum atomic E-state index is -0.957. The van der Waals surface area contributed by atoms with E-state index in [0.29, 0.717) is 11.0 Å². The summed E-state index contributed by atoms with van der Waals surface area (Å²) in [6, 6.07) is 6.54. The van der Waals surface area contributed by atoms with E-state index < -0.39 is 5.97 Å². The maximum absolute atomic E-state index is 11.4. The van der Waals surface area contributed by atoms with E-state index >= 15 is 0 Å². The average molecular weight is 323 g/mol. The maximum atomic E-state index is 11.4. The van der Waals surface area contributed by atoms with Gasteiger partial charge in [0, 0.05) is 18.9 Å². The molecule has 2 rings (SSSR count). The molecule has 0 radical (unpaired) electrons. The van der Waals surface area contributed by atoms with Crippen molar-refractivity contribution in [2.24, 2.45) is 0 Å². The number of aromatic carboxylic acids is 1. The maximum Gasteiger partial charge on any atom is 0.335 e. The molecule has 3 N–H and O–H groups in total. The second-order valence-electron chi connectivity index (χ2n) is 4.07. The molecule has 19 heavy (non-hydrogen) atoms. The Morgan fingerprint density at radius 1 is 1.26 bits per heavy atom. The predicted octanol–water partition coefficient (Wildman–Crippen LogP) is 1.94. The van der Waals surface area contributed by atoms with Crippen LogP contribution in [0.25, 0.3) is 0 Å². The number of nitrogens with two attached hydrogens (primary N) is 1. The van der Waals surface area contributed by atoms with Crippen molar-refractivity contribution in [2.75, 3.05) is 5.73 Å². The zero-order valence-corrected chi connectivity index (χ0v) is 11.4. The van der Waals surface area contributed by atoms with Gasteiger partial charge in [0.25, 0.3) is 0 Å². The van der Waals surface area contributed by atoms with E-state index in [1.807, 2.05) is 0 Å². The second-order valence-corrected chi connectivity index (χ2v) is 4.92. The quantitative estimate of drug-likeness (QED) is 0.904. The fraction of sp³-hybridized carbons (Fsp3) is 0.0769. The van der Waals surface area contributed by atoms with Crippen LogP contribution in [0.3, 0.4) is 0 Å². The van der Waals surface area contributed by atoms with Gasteiger partial charge in [-0.15, -0.1) is 0 Å². The van der Waals surface area contributed by atoms with Gasteiger partial charge in [-0.1, -0.05) is 12.1 Å². The van der Waals surface area contributed by atoms with Gasteiger partial charge in [0.2, 0.25) is 5.43 Å². The topological polar surface area (TPSA) is 85.3 Å². The number of nitrogen functional groups attached to an aromatic ring is 1. The molecule has 1 aromatic carbocycles. The number of aromatic nitrogens is 1. The van der Waals surface area contributed by atoms with E-state index in [2.05, 4.69) is 15.9 Å². The Bertz CT molecular complexity index is 651. The first-order chi connectivity index (χ1) is 8.97. The van der Waals surface area contributed by atoms with Crippen molar-refractivity contribution in [2.45, 2.75) is 6.54 Å². The minimum Gasteiger partial charge on any atom is -0.478 e. The smallest absolute Gasteiger partial charge is 0.335 e. The van der Waals surface area contributed by atoms with Gasteiger partial charge in [0.15, 0.2) is 0 Å². The summed E-state index contributed by atoms with van der Waals surface area (Å²) in [4.78, 5) is 22.2. The first-order valence-electron chi connectivity index (χ1n) is 5.44. The van der Waals surface area contributed by atoms with Crippen LogP contribution in [-0.4, -0.2) is 15.6 Å². The fourth-order valence-electron chi connectivity index (χ4n) is 1.67. The van der Waals surface area contributed by atoms with E-state index in [1.54, 1.807) is 41.2 Å². The molecule has 0 aliphatic rings. The monoisotopic (exact) mass is 322 g/mol. The predicted molar refractivity (Wildman–Crippen MR) is 75.3 cm³/mol. The first kappa shape index (κ1) is 13.4. The largest absolute Gasteiger partial charge is 0.478 e. The molecule has 0 unspecified atom stereocenters. The number of carboxylic acid groups (broad SMARTS) is 1. The molecule has 0 aliphatic heterocycles. The summed E-state index contributed by atoms with van der Waals surface area (Å²) in [7, 11) is 0. The van der Waals surface area contributed by atoms with Crippen molar-refractivity contribution in [3.8, 4) is 0 Å². The summed E-state index contributed by atoms with van der Waals surface area (Å²) in [6.45, 7) is 0.503. The van der Waals surface area contributed by atoms with Crippen molar-refractivity contribution in [3.63, 3.8) is 0 Å². The van der Waals surface area contributed by atoms with Crippen LogP contribution in [0.1, 0.15) is 15.9 Å². The normalized spacial score (nSPS) is 10.4. The van der Waals surface area contributed by atoms with E-state index in [0.717, 1.165) is 5.56 Å². The van der Waals surface area contributed by atoms with Gasteiger partial charge in [-0.25, -0.2) is 4.79 Å². The average Bonchev–Trinajstić information content (AvgIpc) is 2.36. The molecule has 0 spiro atoms. The third-order valence-corrected chi connectivity index (χ3v) is 3.19. The number of carboxylic acids is 1. The SMILES string of the molecule is Nc1cn(Cc2ccc(C(=O)O)cc2)cc(Br)c1=O. The lowest BCUT2D eigenvalue weighted by atomic mass is 10.1. The molecular formula is C13H11BrN2O3. The van der Waals surface area contributed by atoms with Crippen molar-refractivity contribution in [3.05, 3.63) is 62.5 Å². The van der Waals surface area contributed by atoms with Crippen LogP contribution >= 0.6 is 15.9 Å². The number of anilines is 1. The third kappa shape index (κ3) is 3.03.